The molecule has 1 saturated carbocycles. The highest BCUT2D eigenvalue weighted by Crippen LogP contribution is 2.33. The number of carbonyl (C=O) groups excluding carboxylic acids is 1. The number of primary amides is 1. The van der Waals surface area contributed by atoms with E-state index in [0.29, 0.717) is 5.92 Å². The number of hydrogen-bond donors (Lipinski definition) is 1. The van der Waals surface area contributed by atoms with Gasteiger partial charge in [0.1, 0.15) is 4.90 Å². The molecule has 1 fully saturated rings. The molecule has 0 aromatic heterocycles. The Labute approximate surface area is 147 Å². The Morgan fingerprint density at radius 1 is 0.960 bits per heavy atom. The Morgan fingerprint density at radius 2 is 1.60 bits per heavy atom. The Morgan fingerprint density at radius 3 is 2.24 bits per heavy atom. The molecule has 1 aliphatic rings. The summed E-state index contributed by atoms with van der Waals surface area (Å²) in [7, 11) is -4.02. The summed E-state index contributed by atoms with van der Waals surface area (Å²) < 4.78 is 30.1. The van der Waals surface area contributed by atoms with E-state index in [1.54, 1.807) is 24.3 Å². The van der Waals surface area contributed by atoms with Crippen LogP contribution in [-0.4, -0.2) is 14.3 Å². The lowest BCUT2D eigenvalue weighted by Crippen LogP contribution is -2.16. The lowest BCUT2D eigenvalue weighted by Gasteiger charge is -2.22. The fourth-order valence-electron chi connectivity index (χ4n) is 3.25. The SMILES string of the molecule is NC(=O)c1ccccc1OS(=O)(=O)c1ccc(C2CCCCC2)cc1. The summed E-state index contributed by atoms with van der Waals surface area (Å²) in [4.78, 5) is 11.5. The molecule has 0 aliphatic heterocycles. The van der Waals surface area contributed by atoms with E-state index < -0.39 is 16.0 Å². The molecular weight excluding hydrogens is 338 g/mol. The van der Waals surface area contributed by atoms with Gasteiger partial charge in [-0.25, -0.2) is 0 Å². The monoisotopic (exact) mass is 359 g/mol. The van der Waals surface area contributed by atoms with Crippen LogP contribution < -0.4 is 9.92 Å². The van der Waals surface area contributed by atoms with Crippen LogP contribution in [-0.2, 0) is 10.1 Å². The third-order valence-corrected chi connectivity index (χ3v) is 5.85. The van der Waals surface area contributed by atoms with E-state index in [2.05, 4.69) is 0 Å². The molecule has 0 saturated heterocycles. The predicted octanol–water partition coefficient (Wildman–Crippen LogP) is 3.60. The van der Waals surface area contributed by atoms with Crippen molar-refractivity contribution >= 4 is 16.0 Å². The highest BCUT2D eigenvalue weighted by Gasteiger charge is 2.21. The Balaban J connectivity index is 1.82. The van der Waals surface area contributed by atoms with Gasteiger partial charge in [0.05, 0.1) is 5.56 Å². The Bertz CT molecular complexity index is 853. The number of hydrogen-bond acceptors (Lipinski definition) is 4. The second kappa shape index (κ2) is 7.27. The van der Waals surface area contributed by atoms with Crippen LogP contribution in [0.1, 0.15) is 53.9 Å². The van der Waals surface area contributed by atoms with Crippen molar-refractivity contribution in [3.8, 4) is 5.75 Å². The van der Waals surface area contributed by atoms with Crippen LogP contribution in [0, 0.1) is 0 Å². The minimum Gasteiger partial charge on any atom is -0.378 e. The fraction of sp³-hybridized carbons (Fsp3) is 0.316. The lowest BCUT2D eigenvalue weighted by atomic mass is 9.84. The average molecular weight is 359 g/mol. The number of benzene rings is 2. The maximum absolute atomic E-state index is 12.5. The molecule has 2 N–H and O–H groups in total. The number of rotatable bonds is 5. The predicted molar refractivity (Wildman–Crippen MR) is 95.0 cm³/mol. The molecule has 0 atom stereocenters. The lowest BCUT2D eigenvalue weighted by molar-refractivity contribution is 0.0999. The first kappa shape index (κ1) is 17.5. The average Bonchev–Trinajstić information content (AvgIpc) is 2.62. The van der Waals surface area contributed by atoms with Gasteiger partial charge in [0.15, 0.2) is 5.75 Å². The van der Waals surface area contributed by atoms with Gasteiger partial charge in [-0.2, -0.15) is 8.42 Å². The second-order valence-corrected chi connectivity index (χ2v) is 7.85. The van der Waals surface area contributed by atoms with Gasteiger partial charge >= 0.3 is 10.1 Å². The van der Waals surface area contributed by atoms with E-state index in [9.17, 15) is 13.2 Å². The summed E-state index contributed by atoms with van der Waals surface area (Å²) in [6, 6.07) is 12.9. The zero-order chi connectivity index (χ0) is 17.9. The number of carbonyl (C=O) groups is 1. The number of para-hydroxylation sites is 1. The molecule has 0 radical (unpaired) electrons. The Kier molecular flexibility index (Phi) is 5.08. The van der Waals surface area contributed by atoms with Crippen molar-refractivity contribution in [2.75, 3.05) is 0 Å². The van der Waals surface area contributed by atoms with Crippen LogP contribution in [0.15, 0.2) is 53.4 Å². The van der Waals surface area contributed by atoms with Crippen molar-refractivity contribution in [2.45, 2.75) is 42.9 Å². The Hall–Kier alpha value is -2.34. The summed E-state index contributed by atoms with van der Waals surface area (Å²) in [6.45, 7) is 0. The molecule has 0 unspecified atom stereocenters. The van der Waals surface area contributed by atoms with Gasteiger partial charge < -0.3 is 9.92 Å². The number of nitrogens with two attached hydrogens (primary N) is 1. The minimum absolute atomic E-state index is 0.0323. The van der Waals surface area contributed by atoms with Gasteiger partial charge in [0, 0.05) is 0 Å². The van der Waals surface area contributed by atoms with E-state index in [0.717, 1.165) is 18.4 Å². The van der Waals surface area contributed by atoms with Crippen molar-refractivity contribution in [1.82, 2.24) is 0 Å². The van der Waals surface area contributed by atoms with E-state index in [1.807, 2.05) is 12.1 Å². The maximum atomic E-state index is 12.5. The van der Waals surface area contributed by atoms with Crippen LogP contribution >= 0.6 is 0 Å². The molecule has 0 heterocycles. The molecule has 2 aromatic rings. The summed E-state index contributed by atoms with van der Waals surface area (Å²) in [5, 5.41) is 0. The van der Waals surface area contributed by atoms with Crippen LogP contribution in [0.25, 0.3) is 0 Å². The van der Waals surface area contributed by atoms with E-state index >= 15 is 0 Å². The number of amides is 1. The molecule has 1 amide bonds. The second-order valence-electron chi connectivity index (χ2n) is 6.30. The van der Waals surface area contributed by atoms with Gasteiger partial charge in [-0.15, -0.1) is 0 Å². The molecule has 3 rings (SSSR count). The van der Waals surface area contributed by atoms with Crippen molar-refractivity contribution in [3.63, 3.8) is 0 Å². The summed E-state index contributed by atoms with van der Waals surface area (Å²) in [5.74, 6) is -0.299. The quantitative estimate of drug-likeness (QED) is 0.826. The van der Waals surface area contributed by atoms with Crippen molar-refractivity contribution < 1.29 is 17.4 Å². The maximum Gasteiger partial charge on any atom is 0.339 e. The normalized spacial score (nSPS) is 15.7. The van der Waals surface area contributed by atoms with Crippen LogP contribution in [0.3, 0.4) is 0 Å². The van der Waals surface area contributed by atoms with Crippen LogP contribution in [0.5, 0.6) is 5.75 Å². The zero-order valence-corrected chi connectivity index (χ0v) is 14.7. The highest BCUT2D eigenvalue weighted by atomic mass is 32.2. The van der Waals surface area contributed by atoms with Crippen molar-refractivity contribution in [2.24, 2.45) is 5.73 Å². The largest absolute Gasteiger partial charge is 0.378 e. The van der Waals surface area contributed by atoms with Crippen LogP contribution in [0.4, 0.5) is 0 Å². The molecule has 2 aromatic carbocycles. The van der Waals surface area contributed by atoms with Crippen molar-refractivity contribution in [1.29, 1.82) is 0 Å². The molecule has 1 aliphatic carbocycles. The standard InChI is InChI=1S/C19H21NO4S/c20-19(21)17-8-4-5-9-18(17)24-25(22,23)16-12-10-15(11-13-16)14-6-2-1-3-7-14/h4-5,8-14H,1-3,6-7H2,(H2,20,21). The van der Waals surface area contributed by atoms with Gasteiger partial charge in [0.2, 0.25) is 0 Å². The first-order chi connectivity index (χ1) is 12.0. The van der Waals surface area contributed by atoms with Gasteiger partial charge in [-0.3, -0.25) is 4.79 Å². The summed E-state index contributed by atoms with van der Waals surface area (Å²) >= 11 is 0. The topological polar surface area (TPSA) is 86.5 Å². The first-order valence-corrected chi connectivity index (χ1v) is 9.81. The zero-order valence-electron chi connectivity index (χ0n) is 13.9. The molecule has 0 bridgehead atoms. The molecule has 6 heteroatoms. The molecule has 5 nitrogen and oxygen atoms in total. The fourth-order valence-corrected chi connectivity index (χ4v) is 4.20. The van der Waals surface area contributed by atoms with Crippen molar-refractivity contribution in [3.05, 3.63) is 59.7 Å². The van der Waals surface area contributed by atoms with Gasteiger partial charge in [0.25, 0.3) is 5.91 Å². The van der Waals surface area contributed by atoms with Gasteiger partial charge in [-0.1, -0.05) is 43.5 Å². The van der Waals surface area contributed by atoms with E-state index in [4.69, 9.17) is 9.92 Å². The molecule has 25 heavy (non-hydrogen) atoms. The highest BCUT2D eigenvalue weighted by molar-refractivity contribution is 7.87. The molecule has 132 valence electrons. The van der Waals surface area contributed by atoms with Crippen LogP contribution in [0.2, 0.25) is 0 Å². The summed E-state index contributed by atoms with van der Waals surface area (Å²) in [6.07, 6.45) is 6.01. The van der Waals surface area contributed by atoms with E-state index in [-0.39, 0.29) is 16.2 Å². The smallest absolute Gasteiger partial charge is 0.339 e. The third-order valence-electron chi connectivity index (χ3n) is 4.60. The summed E-state index contributed by atoms with van der Waals surface area (Å²) in [5.41, 5.74) is 6.46. The molecular formula is C19H21NO4S. The molecule has 0 spiro atoms. The van der Waals surface area contributed by atoms with E-state index in [1.165, 1.54) is 31.4 Å². The first-order valence-electron chi connectivity index (χ1n) is 8.40. The minimum atomic E-state index is -4.02. The van der Waals surface area contributed by atoms with Gasteiger partial charge in [-0.05, 0) is 48.6 Å². The third kappa shape index (κ3) is 4.02.